The summed E-state index contributed by atoms with van der Waals surface area (Å²) < 4.78 is 5.50. The lowest BCUT2D eigenvalue weighted by atomic mass is 10.1. The van der Waals surface area contributed by atoms with E-state index in [-0.39, 0.29) is 18.6 Å². The van der Waals surface area contributed by atoms with E-state index in [1.165, 1.54) is 0 Å². The zero-order valence-corrected chi connectivity index (χ0v) is 13.0. The highest BCUT2D eigenvalue weighted by molar-refractivity contribution is 6.30. The minimum atomic E-state index is -0.102. The van der Waals surface area contributed by atoms with Crippen LogP contribution in [-0.4, -0.2) is 12.5 Å². The fraction of sp³-hybridized carbons (Fsp3) is 0.235. The first-order valence-electron chi connectivity index (χ1n) is 7.12. The molecular formula is C17H17ClN2O2. The lowest BCUT2D eigenvalue weighted by molar-refractivity contribution is -0.121. The van der Waals surface area contributed by atoms with E-state index in [9.17, 15) is 4.79 Å². The predicted molar refractivity (Wildman–Crippen MR) is 87.2 cm³/mol. The van der Waals surface area contributed by atoms with Crippen molar-refractivity contribution in [2.24, 2.45) is 5.73 Å². The van der Waals surface area contributed by atoms with Gasteiger partial charge in [0.05, 0.1) is 12.2 Å². The highest BCUT2D eigenvalue weighted by Gasteiger charge is 2.26. The minimum absolute atomic E-state index is 0.0467. The van der Waals surface area contributed by atoms with Crippen LogP contribution in [0.5, 0.6) is 5.75 Å². The van der Waals surface area contributed by atoms with E-state index >= 15 is 0 Å². The van der Waals surface area contributed by atoms with Gasteiger partial charge in [0.1, 0.15) is 5.75 Å². The largest absolute Gasteiger partial charge is 0.482 e. The maximum Gasteiger partial charge on any atom is 0.265 e. The summed E-state index contributed by atoms with van der Waals surface area (Å²) >= 11 is 6.02. The molecule has 3 rings (SSSR count). The zero-order valence-electron chi connectivity index (χ0n) is 12.3. The number of hydrogen-bond acceptors (Lipinski definition) is 3. The average molecular weight is 317 g/mol. The Labute approximate surface area is 134 Å². The second-order valence-electron chi connectivity index (χ2n) is 5.41. The first-order valence-corrected chi connectivity index (χ1v) is 7.49. The molecule has 1 unspecified atom stereocenters. The highest BCUT2D eigenvalue weighted by Crippen LogP contribution is 2.35. The maximum atomic E-state index is 12.3. The molecule has 0 radical (unpaired) electrons. The number of hydrogen-bond donors (Lipinski definition) is 1. The third kappa shape index (κ3) is 2.93. The van der Waals surface area contributed by atoms with Crippen molar-refractivity contribution in [3.63, 3.8) is 0 Å². The Balaban J connectivity index is 1.97. The molecule has 1 atom stereocenters. The van der Waals surface area contributed by atoms with Crippen molar-refractivity contribution in [1.82, 2.24) is 0 Å². The number of rotatable bonds is 3. The van der Waals surface area contributed by atoms with Crippen LogP contribution >= 0.6 is 11.6 Å². The summed E-state index contributed by atoms with van der Waals surface area (Å²) in [7, 11) is 0. The summed E-state index contributed by atoms with van der Waals surface area (Å²) in [6.07, 6.45) is 0. The van der Waals surface area contributed by atoms with Gasteiger partial charge in [-0.15, -0.1) is 0 Å². The molecule has 1 amide bonds. The van der Waals surface area contributed by atoms with E-state index in [4.69, 9.17) is 22.1 Å². The molecule has 2 aromatic carbocycles. The number of ether oxygens (including phenoxy) is 1. The Bertz CT molecular complexity index is 716. The minimum Gasteiger partial charge on any atom is -0.482 e. The lowest BCUT2D eigenvalue weighted by Crippen LogP contribution is -2.38. The summed E-state index contributed by atoms with van der Waals surface area (Å²) in [4.78, 5) is 14.0. The molecule has 0 saturated heterocycles. The fourth-order valence-electron chi connectivity index (χ4n) is 2.49. The van der Waals surface area contributed by atoms with E-state index in [0.717, 1.165) is 16.8 Å². The molecule has 5 heteroatoms. The van der Waals surface area contributed by atoms with Crippen LogP contribution in [0.4, 0.5) is 5.69 Å². The van der Waals surface area contributed by atoms with Gasteiger partial charge in [-0.05, 0) is 42.3 Å². The van der Waals surface area contributed by atoms with Crippen molar-refractivity contribution >= 4 is 23.2 Å². The van der Waals surface area contributed by atoms with E-state index in [2.05, 4.69) is 0 Å². The van der Waals surface area contributed by atoms with Gasteiger partial charge in [-0.25, -0.2) is 0 Å². The molecule has 1 heterocycles. The number of anilines is 1. The first-order chi connectivity index (χ1) is 10.5. The van der Waals surface area contributed by atoms with Gasteiger partial charge in [0, 0.05) is 11.1 Å². The van der Waals surface area contributed by atoms with E-state index < -0.39 is 0 Å². The number of halogens is 1. The topological polar surface area (TPSA) is 55.6 Å². The van der Waals surface area contributed by atoms with Gasteiger partial charge >= 0.3 is 0 Å². The molecular weight excluding hydrogens is 300 g/mol. The number of nitrogens with two attached hydrogens (primary N) is 1. The molecule has 0 aromatic heterocycles. The van der Waals surface area contributed by atoms with Gasteiger partial charge in [-0.2, -0.15) is 0 Å². The number of nitrogens with zero attached hydrogens (tertiary/aromatic N) is 1. The zero-order chi connectivity index (χ0) is 15.7. The SMILES string of the molecule is CC(N)c1ccc2c(c1)N(Cc1cccc(Cl)c1)C(=O)CO2. The van der Waals surface area contributed by atoms with Gasteiger partial charge in [-0.3, -0.25) is 4.79 Å². The number of carbonyl (C=O) groups excluding carboxylic acids is 1. The van der Waals surface area contributed by atoms with Crippen LogP contribution in [0.3, 0.4) is 0 Å². The summed E-state index contributed by atoms with van der Waals surface area (Å²) in [5.74, 6) is 0.625. The average Bonchev–Trinajstić information content (AvgIpc) is 2.49. The van der Waals surface area contributed by atoms with Crippen LogP contribution in [0.1, 0.15) is 24.1 Å². The van der Waals surface area contributed by atoms with Gasteiger partial charge in [0.2, 0.25) is 0 Å². The van der Waals surface area contributed by atoms with Crippen molar-refractivity contribution in [1.29, 1.82) is 0 Å². The van der Waals surface area contributed by atoms with Crippen LogP contribution in [-0.2, 0) is 11.3 Å². The van der Waals surface area contributed by atoms with Crippen LogP contribution in [0.15, 0.2) is 42.5 Å². The number of benzene rings is 2. The van der Waals surface area contributed by atoms with Gasteiger partial charge < -0.3 is 15.4 Å². The Morgan fingerprint density at radius 2 is 2.14 bits per heavy atom. The summed E-state index contributed by atoms with van der Waals surface area (Å²) in [5.41, 5.74) is 8.63. The third-order valence-electron chi connectivity index (χ3n) is 3.68. The molecule has 0 aliphatic carbocycles. The maximum absolute atomic E-state index is 12.3. The highest BCUT2D eigenvalue weighted by atomic mass is 35.5. The molecule has 4 nitrogen and oxygen atoms in total. The van der Waals surface area contributed by atoms with Gasteiger partial charge in [-0.1, -0.05) is 29.8 Å². The Kier molecular flexibility index (Phi) is 4.05. The van der Waals surface area contributed by atoms with Crippen molar-refractivity contribution in [3.05, 3.63) is 58.6 Å². The molecule has 1 aliphatic rings. The van der Waals surface area contributed by atoms with Crippen molar-refractivity contribution < 1.29 is 9.53 Å². The Morgan fingerprint density at radius 1 is 1.32 bits per heavy atom. The van der Waals surface area contributed by atoms with Crippen LogP contribution in [0.25, 0.3) is 0 Å². The summed E-state index contributed by atoms with van der Waals surface area (Å²) in [6, 6.07) is 13.1. The molecule has 2 aromatic rings. The first kappa shape index (κ1) is 14.9. The normalized spacial score (nSPS) is 15.2. The predicted octanol–water partition coefficient (Wildman–Crippen LogP) is 3.29. The monoisotopic (exact) mass is 316 g/mol. The lowest BCUT2D eigenvalue weighted by Gasteiger charge is -2.30. The molecule has 0 saturated carbocycles. The van der Waals surface area contributed by atoms with E-state index in [1.807, 2.05) is 49.4 Å². The van der Waals surface area contributed by atoms with Crippen LogP contribution < -0.4 is 15.4 Å². The molecule has 0 fully saturated rings. The fourth-order valence-corrected chi connectivity index (χ4v) is 2.71. The van der Waals surface area contributed by atoms with Crippen molar-refractivity contribution in [3.8, 4) is 5.75 Å². The number of carbonyl (C=O) groups is 1. The second-order valence-corrected chi connectivity index (χ2v) is 5.85. The number of amides is 1. The Morgan fingerprint density at radius 3 is 2.86 bits per heavy atom. The second kappa shape index (κ2) is 5.99. The summed E-state index contributed by atoms with van der Waals surface area (Å²) in [6.45, 7) is 2.41. The third-order valence-corrected chi connectivity index (χ3v) is 3.92. The Hall–Kier alpha value is -2.04. The van der Waals surface area contributed by atoms with Crippen LogP contribution in [0.2, 0.25) is 5.02 Å². The van der Waals surface area contributed by atoms with Crippen LogP contribution in [0, 0.1) is 0 Å². The van der Waals surface area contributed by atoms with Gasteiger partial charge in [0.15, 0.2) is 6.61 Å². The molecule has 0 spiro atoms. The van der Waals surface area contributed by atoms with E-state index in [0.29, 0.717) is 17.3 Å². The number of fused-ring (bicyclic) bond motifs is 1. The van der Waals surface area contributed by atoms with Crippen molar-refractivity contribution in [2.75, 3.05) is 11.5 Å². The van der Waals surface area contributed by atoms with E-state index in [1.54, 1.807) is 4.90 Å². The smallest absolute Gasteiger partial charge is 0.265 e. The van der Waals surface area contributed by atoms with Gasteiger partial charge in [0.25, 0.3) is 5.91 Å². The molecule has 114 valence electrons. The quantitative estimate of drug-likeness (QED) is 0.945. The molecule has 0 bridgehead atoms. The summed E-state index contributed by atoms with van der Waals surface area (Å²) in [5, 5.41) is 0.655. The molecule has 1 aliphatic heterocycles. The molecule has 22 heavy (non-hydrogen) atoms. The standard InChI is InChI=1S/C17H17ClN2O2/c1-11(19)13-5-6-16-15(8-13)20(17(21)10-22-16)9-12-3-2-4-14(18)7-12/h2-8,11H,9-10,19H2,1H3. The van der Waals surface area contributed by atoms with Crippen molar-refractivity contribution in [2.45, 2.75) is 19.5 Å². The molecule has 2 N–H and O–H groups in total.